The highest BCUT2D eigenvalue weighted by Gasteiger charge is 2.30. The fourth-order valence-corrected chi connectivity index (χ4v) is 2.46. The van der Waals surface area contributed by atoms with Crippen molar-refractivity contribution in [2.24, 2.45) is 5.73 Å². The maximum atomic E-state index is 12.6. The largest absolute Gasteiger partial charge is 0.416 e. The van der Waals surface area contributed by atoms with Crippen molar-refractivity contribution in [1.29, 1.82) is 0 Å². The summed E-state index contributed by atoms with van der Waals surface area (Å²) in [4.78, 5) is 0. The molecule has 0 spiro atoms. The minimum Gasteiger partial charge on any atom is -0.320 e. The van der Waals surface area contributed by atoms with Crippen LogP contribution in [-0.2, 0) is 6.18 Å². The highest BCUT2D eigenvalue weighted by Crippen LogP contribution is 2.31. The molecular weight excluding hydrogens is 343 g/mol. The molecule has 112 valence electrons. The molecule has 2 aromatic rings. The van der Waals surface area contributed by atoms with Gasteiger partial charge in [0.15, 0.2) is 0 Å². The number of nitrogens with two attached hydrogens (primary N) is 1. The molecule has 0 heterocycles. The number of rotatable bonds is 2. The van der Waals surface area contributed by atoms with Crippen LogP contribution < -0.4 is 5.73 Å². The van der Waals surface area contributed by atoms with E-state index in [1.807, 2.05) is 26.0 Å². The van der Waals surface area contributed by atoms with Crippen LogP contribution in [0.4, 0.5) is 13.2 Å². The maximum Gasteiger partial charge on any atom is 0.416 e. The Kier molecular flexibility index (Phi) is 4.44. The third-order valence-corrected chi connectivity index (χ3v) is 4.67. The predicted octanol–water partition coefficient (Wildman–Crippen LogP) is 5.13. The van der Waals surface area contributed by atoms with Crippen LogP contribution in [0, 0.1) is 13.8 Å². The van der Waals surface area contributed by atoms with Crippen molar-refractivity contribution in [1.82, 2.24) is 0 Å². The highest BCUT2D eigenvalue weighted by atomic mass is 79.9. The number of halogens is 4. The zero-order valence-corrected chi connectivity index (χ0v) is 13.2. The van der Waals surface area contributed by atoms with Gasteiger partial charge in [0, 0.05) is 4.47 Å². The smallest absolute Gasteiger partial charge is 0.320 e. The average Bonchev–Trinajstić information content (AvgIpc) is 2.42. The lowest BCUT2D eigenvalue weighted by Crippen LogP contribution is -2.13. The Balaban J connectivity index is 2.34. The van der Waals surface area contributed by atoms with Gasteiger partial charge in [0.25, 0.3) is 0 Å². The number of hydrogen-bond acceptors (Lipinski definition) is 1. The van der Waals surface area contributed by atoms with Crippen LogP contribution in [0.1, 0.15) is 33.9 Å². The first kappa shape index (κ1) is 16.0. The van der Waals surface area contributed by atoms with E-state index in [2.05, 4.69) is 15.9 Å². The van der Waals surface area contributed by atoms with Crippen LogP contribution in [0.5, 0.6) is 0 Å². The summed E-state index contributed by atoms with van der Waals surface area (Å²) in [6.07, 6.45) is -4.33. The van der Waals surface area contributed by atoms with E-state index in [9.17, 15) is 13.2 Å². The second-order valence-electron chi connectivity index (χ2n) is 5.07. The molecule has 2 aromatic carbocycles. The van der Waals surface area contributed by atoms with Gasteiger partial charge in [0.05, 0.1) is 11.6 Å². The molecule has 0 saturated heterocycles. The molecule has 0 aliphatic rings. The van der Waals surface area contributed by atoms with E-state index in [1.165, 1.54) is 12.1 Å². The van der Waals surface area contributed by atoms with E-state index in [4.69, 9.17) is 5.73 Å². The van der Waals surface area contributed by atoms with Crippen molar-refractivity contribution in [3.05, 3.63) is 68.7 Å². The minimum absolute atomic E-state index is 0.446. The molecule has 0 fully saturated rings. The first-order chi connectivity index (χ1) is 9.70. The highest BCUT2D eigenvalue weighted by molar-refractivity contribution is 9.10. The fraction of sp³-hybridized carbons (Fsp3) is 0.250. The van der Waals surface area contributed by atoms with Crippen LogP contribution in [0.25, 0.3) is 0 Å². The molecular formula is C16H15BrF3N. The second-order valence-corrected chi connectivity index (χ2v) is 5.86. The van der Waals surface area contributed by atoms with Gasteiger partial charge in [-0.05, 0) is 48.2 Å². The molecule has 1 atom stereocenters. The standard InChI is InChI=1S/C16H15BrF3N/c1-9-7-12(8-10(2)14(9)17)15(21)11-3-5-13(6-4-11)16(18,19)20/h3-8,15H,21H2,1-2H3. The molecule has 0 aromatic heterocycles. The summed E-state index contributed by atoms with van der Waals surface area (Å²) in [5.74, 6) is 0. The number of hydrogen-bond donors (Lipinski definition) is 1. The van der Waals surface area contributed by atoms with Crippen molar-refractivity contribution in [2.45, 2.75) is 26.1 Å². The molecule has 21 heavy (non-hydrogen) atoms. The third kappa shape index (κ3) is 3.47. The molecule has 0 radical (unpaired) electrons. The number of benzene rings is 2. The first-order valence-corrected chi connectivity index (χ1v) is 7.19. The second kappa shape index (κ2) is 5.81. The topological polar surface area (TPSA) is 26.0 Å². The Morgan fingerprint density at radius 3 is 1.86 bits per heavy atom. The van der Waals surface area contributed by atoms with Crippen LogP contribution in [0.15, 0.2) is 40.9 Å². The van der Waals surface area contributed by atoms with E-state index >= 15 is 0 Å². The predicted molar refractivity (Wildman–Crippen MR) is 81.1 cm³/mol. The van der Waals surface area contributed by atoms with Gasteiger partial charge in [0.2, 0.25) is 0 Å². The summed E-state index contributed by atoms with van der Waals surface area (Å²) >= 11 is 3.48. The van der Waals surface area contributed by atoms with Crippen molar-refractivity contribution < 1.29 is 13.2 Å². The van der Waals surface area contributed by atoms with Crippen molar-refractivity contribution in [2.75, 3.05) is 0 Å². The van der Waals surface area contributed by atoms with Crippen LogP contribution in [-0.4, -0.2) is 0 Å². The lowest BCUT2D eigenvalue weighted by atomic mass is 9.95. The van der Waals surface area contributed by atoms with Gasteiger partial charge >= 0.3 is 6.18 Å². The summed E-state index contributed by atoms with van der Waals surface area (Å²) in [6, 6.07) is 8.43. The Hall–Kier alpha value is -1.33. The molecule has 2 N–H and O–H groups in total. The molecule has 2 rings (SSSR count). The average molecular weight is 358 g/mol. The normalized spacial score (nSPS) is 13.3. The van der Waals surface area contributed by atoms with Crippen LogP contribution in [0.2, 0.25) is 0 Å². The maximum absolute atomic E-state index is 12.6. The zero-order chi connectivity index (χ0) is 15.8. The fourth-order valence-electron chi connectivity index (χ4n) is 2.23. The Morgan fingerprint density at radius 2 is 1.43 bits per heavy atom. The lowest BCUT2D eigenvalue weighted by Gasteiger charge is -2.16. The van der Waals surface area contributed by atoms with E-state index in [-0.39, 0.29) is 0 Å². The quantitative estimate of drug-likeness (QED) is 0.791. The minimum atomic E-state index is -4.33. The monoisotopic (exact) mass is 357 g/mol. The number of alkyl halides is 3. The number of aryl methyl sites for hydroxylation is 2. The Morgan fingerprint density at radius 1 is 0.952 bits per heavy atom. The van der Waals surface area contributed by atoms with Gasteiger partial charge in [0.1, 0.15) is 0 Å². The van der Waals surface area contributed by atoms with Crippen LogP contribution >= 0.6 is 15.9 Å². The van der Waals surface area contributed by atoms with Gasteiger partial charge in [-0.1, -0.05) is 40.2 Å². The SMILES string of the molecule is Cc1cc(C(N)c2ccc(C(F)(F)F)cc2)cc(C)c1Br. The summed E-state index contributed by atoms with van der Waals surface area (Å²) in [5, 5.41) is 0. The summed E-state index contributed by atoms with van der Waals surface area (Å²) in [5.41, 5.74) is 9.14. The van der Waals surface area contributed by atoms with Gasteiger partial charge < -0.3 is 5.73 Å². The molecule has 0 bridgehead atoms. The molecule has 1 unspecified atom stereocenters. The van der Waals surface area contributed by atoms with Gasteiger partial charge in [-0.2, -0.15) is 13.2 Å². The molecule has 0 aliphatic heterocycles. The van der Waals surface area contributed by atoms with Crippen LogP contribution in [0.3, 0.4) is 0 Å². The van der Waals surface area contributed by atoms with Crippen molar-refractivity contribution in [3.63, 3.8) is 0 Å². The van der Waals surface area contributed by atoms with Gasteiger partial charge in [-0.15, -0.1) is 0 Å². The zero-order valence-electron chi connectivity index (χ0n) is 11.6. The molecule has 0 saturated carbocycles. The summed E-state index contributed by atoms with van der Waals surface area (Å²) in [7, 11) is 0. The molecule has 1 nitrogen and oxygen atoms in total. The molecule has 0 aliphatic carbocycles. The summed E-state index contributed by atoms with van der Waals surface area (Å²) in [6.45, 7) is 3.92. The third-order valence-electron chi connectivity index (χ3n) is 3.42. The Bertz CT molecular complexity index is 625. The van der Waals surface area contributed by atoms with E-state index in [0.29, 0.717) is 5.56 Å². The van der Waals surface area contributed by atoms with E-state index in [0.717, 1.165) is 33.3 Å². The molecule has 0 amide bonds. The molecule has 5 heteroatoms. The van der Waals surface area contributed by atoms with Crippen molar-refractivity contribution in [3.8, 4) is 0 Å². The van der Waals surface area contributed by atoms with Gasteiger partial charge in [-0.3, -0.25) is 0 Å². The van der Waals surface area contributed by atoms with E-state index in [1.54, 1.807) is 0 Å². The van der Waals surface area contributed by atoms with Gasteiger partial charge in [-0.25, -0.2) is 0 Å². The lowest BCUT2D eigenvalue weighted by molar-refractivity contribution is -0.137. The van der Waals surface area contributed by atoms with Crippen molar-refractivity contribution >= 4 is 15.9 Å². The first-order valence-electron chi connectivity index (χ1n) is 6.39. The van der Waals surface area contributed by atoms with E-state index < -0.39 is 17.8 Å². The summed E-state index contributed by atoms with van der Waals surface area (Å²) < 4.78 is 38.7. The Labute approximate surface area is 130 Å².